The molecule has 0 fully saturated rings. The quantitative estimate of drug-likeness (QED) is 0.448. The fraction of sp³-hybridized carbons (Fsp3) is 0. The number of anilines is 1. The van der Waals surface area contributed by atoms with Gasteiger partial charge in [0.1, 0.15) is 0 Å². The number of benzene rings is 1. The standard InChI is InChI=1S/C6H6AsCl2NO/c8-7(9)5-3-4(10)1-2-6(5)11/h1-3,11H,10H2. The van der Waals surface area contributed by atoms with Crippen LogP contribution in [0.3, 0.4) is 0 Å². The van der Waals surface area contributed by atoms with Crippen LogP contribution in [0.4, 0.5) is 5.69 Å². The monoisotopic (exact) mass is 253 g/mol. The van der Waals surface area contributed by atoms with Gasteiger partial charge in [0, 0.05) is 0 Å². The Labute approximate surface area is 77.5 Å². The van der Waals surface area contributed by atoms with E-state index in [0.717, 1.165) is 0 Å². The van der Waals surface area contributed by atoms with Crippen LogP contribution in [0.2, 0.25) is 0 Å². The minimum absolute atomic E-state index is 0.129. The zero-order valence-electron chi connectivity index (χ0n) is 5.46. The molecule has 0 bridgehead atoms. The summed E-state index contributed by atoms with van der Waals surface area (Å²) in [6, 6.07) is 4.71. The first-order valence-corrected chi connectivity index (χ1v) is 8.68. The van der Waals surface area contributed by atoms with Gasteiger partial charge in [0.05, 0.1) is 0 Å². The number of hydrogen-bond acceptors (Lipinski definition) is 2. The molecule has 0 aromatic heterocycles. The Morgan fingerprint density at radius 1 is 1.36 bits per heavy atom. The summed E-state index contributed by atoms with van der Waals surface area (Å²) in [4.78, 5) is 0. The van der Waals surface area contributed by atoms with E-state index >= 15 is 0 Å². The van der Waals surface area contributed by atoms with Crippen LogP contribution in [-0.4, -0.2) is 17.9 Å². The van der Waals surface area contributed by atoms with Gasteiger partial charge in [-0.2, -0.15) is 0 Å². The molecule has 0 saturated heterocycles. The van der Waals surface area contributed by atoms with Crippen LogP contribution < -0.4 is 10.1 Å². The predicted molar refractivity (Wildman–Crippen MR) is 49.6 cm³/mol. The second kappa shape index (κ2) is 3.57. The number of hydrogen-bond donors (Lipinski definition) is 2. The maximum atomic E-state index is 9.22. The van der Waals surface area contributed by atoms with Crippen LogP contribution in [0.1, 0.15) is 0 Å². The van der Waals surface area contributed by atoms with Gasteiger partial charge in [0.15, 0.2) is 0 Å². The summed E-state index contributed by atoms with van der Waals surface area (Å²) in [5.41, 5.74) is 6.03. The van der Waals surface area contributed by atoms with Gasteiger partial charge in [-0.15, -0.1) is 0 Å². The van der Waals surface area contributed by atoms with Crippen molar-refractivity contribution in [2.75, 3.05) is 5.73 Å². The van der Waals surface area contributed by atoms with E-state index in [1.807, 2.05) is 0 Å². The van der Waals surface area contributed by atoms with Gasteiger partial charge in [-0.3, -0.25) is 0 Å². The number of halogens is 2. The topological polar surface area (TPSA) is 46.2 Å². The van der Waals surface area contributed by atoms with Crippen molar-refractivity contribution in [3.63, 3.8) is 0 Å². The molecule has 5 heteroatoms. The molecule has 0 saturated carbocycles. The number of phenolic OH excluding ortho intramolecular Hbond substituents is 1. The Balaban J connectivity index is 3.13. The van der Waals surface area contributed by atoms with Crippen molar-refractivity contribution in [2.45, 2.75) is 0 Å². The Morgan fingerprint density at radius 2 is 2.00 bits per heavy atom. The Kier molecular flexibility index (Phi) is 2.94. The normalized spacial score (nSPS) is 10.5. The summed E-state index contributed by atoms with van der Waals surface area (Å²) >= 11 is -2.04. The summed E-state index contributed by atoms with van der Waals surface area (Å²) in [6.07, 6.45) is 0. The van der Waals surface area contributed by atoms with Gasteiger partial charge in [-0.1, -0.05) is 0 Å². The molecule has 0 unspecified atom stereocenters. The third-order valence-corrected chi connectivity index (χ3v) is 4.59. The van der Waals surface area contributed by atoms with Crippen molar-refractivity contribution in [1.29, 1.82) is 0 Å². The fourth-order valence-corrected chi connectivity index (χ4v) is 3.12. The molecule has 1 rings (SSSR count). The van der Waals surface area contributed by atoms with E-state index in [4.69, 9.17) is 25.6 Å². The summed E-state index contributed by atoms with van der Waals surface area (Å²) in [6.45, 7) is 0. The first-order chi connectivity index (χ1) is 5.11. The van der Waals surface area contributed by atoms with Crippen LogP contribution in [-0.2, 0) is 0 Å². The molecule has 0 radical (unpaired) electrons. The van der Waals surface area contributed by atoms with Gasteiger partial charge in [-0.05, 0) is 0 Å². The number of phenols is 1. The fourth-order valence-electron chi connectivity index (χ4n) is 0.676. The molecule has 3 N–H and O–H groups in total. The molecule has 0 atom stereocenters. The summed E-state index contributed by atoms with van der Waals surface area (Å²) in [5.74, 6) is 0.129. The van der Waals surface area contributed by atoms with Gasteiger partial charge < -0.3 is 0 Å². The number of aromatic hydroxyl groups is 1. The van der Waals surface area contributed by atoms with E-state index in [0.29, 0.717) is 10.0 Å². The molecule has 2 nitrogen and oxygen atoms in total. The third-order valence-electron chi connectivity index (χ3n) is 1.18. The molecule has 1 aromatic rings. The average molecular weight is 254 g/mol. The van der Waals surface area contributed by atoms with Crippen LogP contribution >= 0.6 is 19.9 Å². The van der Waals surface area contributed by atoms with Gasteiger partial charge in [-0.25, -0.2) is 0 Å². The van der Waals surface area contributed by atoms with Crippen LogP contribution in [0.25, 0.3) is 0 Å². The van der Waals surface area contributed by atoms with Crippen LogP contribution in [0.5, 0.6) is 5.75 Å². The molecule has 60 valence electrons. The molecule has 0 amide bonds. The van der Waals surface area contributed by atoms with Crippen molar-refractivity contribution in [2.24, 2.45) is 0 Å². The van der Waals surface area contributed by atoms with Crippen molar-refractivity contribution in [3.05, 3.63) is 18.2 Å². The Bertz CT molecular complexity index is 267. The van der Waals surface area contributed by atoms with Gasteiger partial charge in [0.25, 0.3) is 0 Å². The van der Waals surface area contributed by atoms with Crippen molar-refractivity contribution >= 4 is 42.7 Å². The van der Waals surface area contributed by atoms with Gasteiger partial charge >= 0.3 is 77.5 Å². The number of nitrogens with two attached hydrogens (primary N) is 1. The van der Waals surface area contributed by atoms with Crippen molar-refractivity contribution in [3.8, 4) is 5.75 Å². The summed E-state index contributed by atoms with van der Waals surface area (Å²) in [5, 5.41) is 9.22. The van der Waals surface area contributed by atoms with E-state index < -0.39 is 12.8 Å². The number of rotatable bonds is 1. The first kappa shape index (κ1) is 9.05. The first-order valence-electron chi connectivity index (χ1n) is 2.81. The Hall–Kier alpha value is -0.0416. The Morgan fingerprint density at radius 3 is 2.45 bits per heavy atom. The minimum atomic E-state index is -2.04. The molecular weight excluding hydrogens is 248 g/mol. The SMILES string of the molecule is Nc1ccc(O)c([As](Cl)Cl)c1. The van der Waals surface area contributed by atoms with Crippen LogP contribution in [0.15, 0.2) is 18.2 Å². The molecule has 1 aromatic carbocycles. The molecule has 0 aliphatic carbocycles. The van der Waals surface area contributed by atoms with E-state index in [1.54, 1.807) is 12.1 Å². The molecule has 0 heterocycles. The van der Waals surface area contributed by atoms with Crippen molar-refractivity contribution in [1.82, 2.24) is 0 Å². The van der Waals surface area contributed by atoms with Gasteiger partial charge in [0.2, 0.25) is 0 Å². The number of nitrogen functional groups attached to an aromatic ring is 1. The van der Waals surface area contributed by atoms with Crippen LogP contribution in [0, 0.1) is 0 Å². The zero-order chi connectivity index (χ0) is 8.43. The molecular formula is C6H6AsCl2NO. The summed E-state index contributed by atoms with van der Waals surface area (Å²) < 4.78 is 0.584. The summed E-state index contributed by atoms with van der Waals surface area (Å²) in [7, 11) is 11.4. The maximum absolute atomic E-state index is 9.22. The predicted octanol–water partition coefficient (Wildman–Crippen LogP) is 1.15. The molecule has 11 heavy (non-hydrogen) atoms. The zero-order valence-corrected chi connectivity index (χ0v) is 8.85. The van der Waals surface area contributed by atoms with E-state index in [-0.39, 0.29) is 5.75 Å². The molecule has 0 aliphatic rings. The van der Waals surface area contributed by atoms with Crippen molar-refractivity contribution < 1.29 is 5.11 Å². The van der Waals surface area contributed by atoms with E-state index in [2.05, 4.69) is 0 Å². The second-order valence-electron chi connectivity index (χ2n) is 1.98. The van der Waals surface area contributed by atoms with E-state index in [9.17, 15) is 5.11 Å². The second-order valence-corrected chi connectivity index (χ2v) is 8.38. The molecule has 0 aliphatic heterocycles. The third kappa shape index (κ3) is 2.19. The average Bonchev–Trinajstić information content (AvgIpc) is 1.94. The molecule has 0 spiro atoms. The van der Waals surface area contributed by atoms with E-state index in [1.165, 1.54) is 6.07 Å².